The molecule has 0 aliphatic carbocycles. The van der Waals surface area contributed by atoms with Crippen molar-refractivity contribution in [3.05, 3.63) is 59.2 Å². The Balaban J connectivity index is 1.33. The number of nitrogens with zero attached hydrogens (tertiary/aromatic N) is 1. The van der Waals surface area contributed by atoms with Gasteiger partial charge in [-0.15, -0.1) is 0 Å². The zero-order chi connectivity index (χ0) is 25.9. The van der Waals surface area contributed by atoms with Crippen LogP contribution in [0.3, 0.4) is 0 Å². The highest BCUT2D eigenvalue weighted by Crippen LogP contribution is 2.34. The van der Waals surface area contributed by atoms with Gasteiger partial charge in [0.15, 0.2) is 0 Å². The maximum atomic E-state index is 6.53. The molecule has 2 aromatic rings. The monoisotopic (exact) mass is 512 g/mol. The Morgan fingerprint density at radius 3 is 2.68 bits per heavy atom. The van der Waals surface area contributed by atoms with Gasteiger partial charge in [0, 0.05) is 45.8 Å². The molecule has 1 N–H and O–H groups in total. The zero-order valence-corrected chi connectivity index (χ0v) is 22.7. The van der Waals surface area contributed by atoms with E-state index >= 15 is 0 Å². The molecule has 1 fully saturated rings. The lowest BCUT2D eigenvalue weighted by atomic mass is 9.87. The molecule has 2 heterocycles. The van der Waals surface area contributed by atoms with Crippen LogP contribution in [0, 0.1) is 5.92 Å². The van der Waals surface area contributed by atoms with E-state index in [-0.39, 0.29) is 6.10 Å². The van der Waals surface area contributed by atoms with Crippen LogP contribution in [-0.4, -0.2) is 72.9 Å². The van der Waals surface area contributed by atoms with E-state index in [0.29, 0.717) is 31.7 Å². The normalized spacial score (nSPS) is 20.4. The van der Waals surface area contributed by atoms with Crippen LogP contribution in [0.5, 0.6) is 5.75 Å². The third-order valence-corrected chi connectivity index (χ3v) is 7.18. The third kappa shape index (κ3) is 8.16. The highest BCUT2D eigenvalue weighted by Gasteiger charge is 2.27. The van der Waals surface area contributed by atoms with Gasteiger partial charge >= 0.3 is 0 Å². The smallest absolute Gasteiger partial charge is 0.142 e. The van der Waals surface area contributed by atoms with Crippen molar-refractivity contribution in [3.63, 3.8) is 0 Å². The summed E-state index contributed by atoms with van der Waals surface area (Å²) in [6.45, 7) is 10.0. The molecule has 0 radical (unpaired) electrons. The lowest BCUT2D eigenvalue weighted by molar-refractivity contribution is 0.0106. The van der Waals surface area contributed by atoms with Gasteiger partial charge in [-0.2, -0.15) is 0 Å². The maximum absolute atomic E-state index is 6.53. The molecule has 0 saturated carbocycles. The Morgan fingerprint density at radius 2 is 1.86 bits per heavy atom. The van der Waals surface area contributed by atoms with Crippen molar-refractivity contribution in [2.24, 2.45) is 5.92 Å². The number of methoxy groups -OCH3 is 2. The van der Waals surface area contributed by atoms with E-state index in [4.69, 9.17) is 23.7 Å². The number of fused-ring (bicyclic) bond motifs is 1. The molecule has 0 bridgehead atoms. The van der Waals surface area contributed by atoms with Gasteiger partial charge < -0.3 is 33.9 Å². The van der Waals surface area contributed by atoms with E-state index in [1.807, 2.05) is 0 Å². The van der Waals surface area contributed by atoms with E-state index in [1.54, 1.807) is 14.2 Å². The number of nitrogens with one attached hydrogen (secondary N) is 1. The molecule has 1 saturated heterocycles. The van der Waals surface area contributed by atoms with Gasteiger partial charge in [-0.25, -0.2) is 0 Å². The van der Waals surface area contributed by atoms with Crippen LogP contribution in [0.15, 0.2) is 42.5 Å². The first-order valence-corrected chi connectivity index (χ1v) is 13.7. The number of piperidine rings is 1. The summed E-state index contributed by atoms with van der Waals surface area (Å²) in [6, 6.07) is 15.3. The molecule has 1 unspecified atom stereocenters. The minimum atomic E-state index is 0.135. The number of hydrogen-bond acceptors (Lipinski definition) is 7. The van der Waals surface area contributed by atoms with Crippen LogP contribution in [0.1, 0.15) is 42.4 Å². The number of ether oxygens (including phenoxy) is 5. The predicted octanol–water partition coefficient (Wildman–Crippen LogP) is 4.38. The quantitative estimate of drug-likeness (QED) is 0.377. The number of anilines is 1. The molecule has 7 heteroatoms. The SMILES string of the molecule is COCCCN1CCOc2ccc(CO[C@H]3CNCCC3c3ccc(COC[C@@H](C)COC)cc3)cc21. The summed E-state index contributed by atoms with van der Waals surface area (Å²) < 4.78 is 28.7. The minimum Gasteiger partial charge on any atom is -0.490 e. The highest BCUT2D eigenvalue weighted by molar-refractivity contribution is 5.61. The maximum Gasteiger partial charge on any atom is 0.142 e. The van der Waals surface area contributed by atoms with Gasteiger partial charge in [-0.05, 0) is 48.2 Å². The van der Waals surface area contributed by atoms with Gasteiger partial charge in [0.25, 0.3) is 0 Å². The number of rotatable bonds is 14. The van der Waals surface area contributed by atoms with Crippen LogP contribution in [0.2, 0.25) is 0 Å². The van der Waals surface area contributed by atoms with Gasteiger partial charge in [0.1, 0.15) is 12.4 Å². The Labute approximate surface area is 222 Å². The number of benzene rings is 2. The standard InChI is InChI=1S/C30H44N2O5/c1-23(19-34-3)20-35-21-24-5-8-26(9-6-24)27-11-12-31-18-30(27)37-22-25-7-10-29-28(17-25)32(14-16-36-29)13-4-15-33-2/h5-10,17,23,27,30-31H,4,11-16,18-22H2,1-3H3/t23-,27?,30-/m0/s1. The van der Waals surface area contributed by atoms with Crippen LogP contribution in [0.4, 0.5) is 5.69 Å². The Hall–Kier alpha value is -2.16. The van der Waals surface area contributed by atoms with Crippen molar-refractivity contribution in [1.29, 1.82) is 0 Å². The van der Waals surface area contributed by atoms with E-state index in [0.717, 1.165) is 70.3 Å². The fourth-order valence-corrected chi connectivity index (χ4v) is 5.20. The van der Waals surface area contributed by atoms with Crippen molar-refractivity contribution in [2.75, 3.05) is 71.7 Å². The Morgan fingerprint density at radius 1 is 1.03 bits per heavy atom. The van der Waals surface area contributed by atoms with Crippen molar-refractivity contribution in [3.8, 4) is 5.75 Å². The van der Waals surface area contributed by atoms with Crippen molar-refractivity contribution >= 4 is 5.69 Å². The predicted molar refractivity (Wildman–Crippen MR) is 147 cm³/mol. The van der Waals surface area contributed by atoms with E-state index < -0.39 is 0 Å². The molecule has 0 amide bonds. The van der Waals surface area contributed by atoms with Gasteiger partial charge in [0.05, 0.1) is 44.8 Å². The number of hydrogen-bond donors (Lipinski definition) is 1. The van der Waals surface area contributed by atoms with Crippen molar-refractivity contribution in [2.45, 2.75) is 45.0 Å². The average molecular weight is 513 g/mol. The van der Waals surface area contributed by atoms with E-state index in [1.165, 1.54) is 16.7 Å². The summed E-state index contributed by atoms with van der Waals surface area (Å²) in [5.74, 6) is 1.74. The Bertz CT molecular complexity index is 938. The fourth-order valence-electron chi connectivity index (χ4n) is 5.20. The van der Waals surface area contributed by atoms with Crippen LogP contribution < -0.4 is 15.0 Å². The largest absolute Gasteiger partial charge is 0.490 e. The molecule has 0 aromatic heterocycles. The third-order valence-electron chi connectivity index (χ3n) is 7.18. The van der Waals surface area contributed by atoms with E-state index in [9.17, 15) is 0 Å². The molecule has 0 spiro atoms. The lowest BCUT2D eigenvalue weighted by Gasteiger charge is -2.33. The molecule has 2 aliphatic rings. The van der Waals surface area contributed by atoms with Crippen molar-refractivity contribution < 1.29 is 23.7 Å². The first-order valence-electron chi connectivity index (χ1n) is 13.7. The minimum absolute atomic E-state index is 0.135. The average Bonchev–Trinajstić information content (AvgIpc) is 2.93. The van der Waals surface area contributed by atoms with Crippen LogP contribution in [0.25, 0.3) is 0 Å². The molecular weight excluding hydrogens is 468 g/mol. The van der Waals surface area contributed by atoms with Gasteiger partial charge in [-0.1, -0.05) is 37.3 Å². The molecule has 3 atom stereocenters. The second kappa shape index (κ2) is 14.7. The zero-order valence-electron chi connectivity index (χ0n) is 22.7. The summed E-state index contributed by atoms with van der Waals surface area (Å²) >= 11 is 0. The molecule has 2 aromatic carbocycles. The fraction of sp³-hybridized carbons (Fsp3) is 0.600. The van der Waals surface area contributed by atoms with Gasteiger partial charge in [0.2, 0.25) is 0 Å². The van der Waals surface area contributed by atoms with Crippen molar-refractivity contribution in [1.82, 2.24) is 5.32 Å². The first kappa shape index (κ1) is 27.9. The molecule has 4 rings (SSSR count). The summed E-state index contributed by atoms with van der Waals surface area (Å²) in [7, 11) is 3.49. The summed E-state index contributed by atoms with van der Waals surface area (Å²) in [4.78, 5) is 2.40. The molecule has 37 heavy (non-hydrogen) atoms. The highest BCUT2D eigenvalue weighted by atomic mass is 16.5. The molecular formula is C30H44N2O5. The lowest BCUT2D eigenvalue weighted by Crippen LogP contribution is -2.41. The summed E-state index contributed by atoms with van der Waals surface area (Å²) in [6.07, 6.45) is 2.21. The topological polar surface area (TPSA) is 61.4 Å². The summed E-state index contributed by atoms with van der Waals surface area (Å²) in [5.41, 5.74) is 4.88. The van der Waals surface area contributed by atoms with E-state index in [2.05, 4.69) is 59.6 Å². The Kier molecular flexibility index (Phi) is 11.1. The first-order chi connectivity index (χ1) is 18.2. The molecule has 7 nitrogen and oxygen atoms in total. The second-order valence-electron chi connectivity index (χ2n) is 10.2. The molecule has 2 aliphatic heterocycles. The van der Waals surface area contributed by atoms with Crippen LogP contribution >= 0.6 is 0 Å². The van der Waals surface area contributed by atoms with Gasteiger partial charge in [-0.3, -0.25) is 0 Å². The van der Waals surface area contributed by atoms with Crippen LogP contribution in [-0.2, 0) is 32.2 Å². The molecule has 204 valence electrons. The summed E-state index contributed by atoms with van der Waals surface area (Å²) in [5, 5.41) is 3.52. The second-order valence-corrected chi connectivity index (χ2v) is 10.2.